The molecule has 3 N–H and O–H groups in total. The van der Waals surface area contributed by atoms with Gasteiger partial charge in [-0.05, 0) is 32.1 Å². The summed E-state index contributed by atoms with van der Waals surface area (Å²) in [5.74, 6) is -0.0311. The zero-order valence-corrected chi connectivity index (χ0v) is 61.7. The lowest BCUT2D eigenvalue weighted by Gasteiger charge is -2.20. The van der Waals surface area contributed by atoms with E-state index >= 15 is 0 Å². The van der Waals surface area contributed by atoms with E-state index in [1.807, 2.05) is 6.08 Å². The summed E-state index contributed by atoms with van der Waals surface area (Å²) in [5, 5.41) is 23.3. The van der Waals surface area contributed by atoms with Crippen LogP contribution in [0, 0.1) is 0 Å². The second kappa shape index (κ2) is 80.0. The minimum Gasteiger partial charge on any atom is -0.466 e. The zero-order chi connectivity index (χ0) is 64.9. The molecule has 0 aliphatic heterocycles. The number of ether oxygens (including phenoxy) is 1. The Morgan fingerprint density at radius 2 is 0.511 bits per heavy atom. The van der Waals surface area contributed by atoms with Crippen LogP contribution < -0.4 is 5.32 Å². The first-order valence-electron chi connectivity index (χ1n) is 42.0. The molecule has 0 saturated heterocycles. The van der Waals surface area contributed by atoms with Gasteiger partial charge >= 0.3 is 5.97 Å². The van der Waals surface area contributed by atoms with Crippen LogP contribution in [-0.2, 0) is 14.3 Å². The molecule has 0 aromatic rings. The van der Waals surface area contributed by atoms with E-state index in [0.717, 1.165) is 38.5 Å². The van der Waals surface area contributed by atoms with Crippen LogP contribution in [0.4, 0.5) is 0 Å². The number of nitrogens with one attached hydrogen (secondary N) is 1. The SMILES string of the molecule is CCCCCCCCCCCCCCCCCCCCCCC/C=C/C(O)C(CO)NC(=O)CCCCCCCCCCCCCCCCCCCCCCCCCCCCCCCCCOC(=O)CCCCCCCCCCCCCCCCCCCCC. The van der Waals surface area contributed by atoms with E-state index in [0.29, 0.717) is 19.4 Å². The third-order valence-electron chi connectivity index (χ3n) is 20.1. The van der Waals surface area contributed by atoms with Crippen molar-refractivity contribution in [2.45, 2.75) is 501 Å². The topological polar surface area (TPSA) is 95.9 Å². The minimum atomic E-state index is -0.842. The molecule has 2 unspecified atom stereocenters. The summed E-state index contributed by atoms with van der Waals surface area (Å²) in [6, 6.07) is -0.625. The molecule has 6 nitrogen and oxygen atoms in total. The molecular weight excluding hydrogens is 1100 g/mol. The molecule has 90 heavy (non-hydrogen) atoms. The summed E-state index contributed by atoms with van der Waals surface area (Å²) < 4.78 is 5.53. The summed E-state index contributed by atoms with van der Waals surface area (Å²) in [6.45, 7) is 4.98. The fraction of sp³-hybridized carbons (Fsp3) is 0.952. The van der Waals surface area contributed by atoms with Crippen LogP contribution in [0.15, 0.2) is 12.2 Å². The van der Waals surface area contributed by atoms with Crippen LogP contribution in [0.2, 0.25) is 0 Å². The summed E-state index contributed by atoms with van der Waals surface area (Å²) in [6.07, 6.45) is 102. The van der Waals surface area contributed by atoms with Gasteiger partial charge in [-0.3, -0.25) is 9.59 Å². The van der Waals surface area contributed by atoms with Gasteiger partial charge in [-0.15, -0.1) is 0 Å². The first-order chi connectivity index (χ1) is 44.5. The molecular formula is C84H165NO5. The molecule has 0 saturated carbocycles. The van der Waals surface area contributed by atoms with E-state index in [-0.39, 0.29) is 18.5 Å². The van der Waals surface area contributed by atoms with Gasteiger partial charge in [0.05, 0.1) is 25.4 Å². The van der Waals surface area contributed by atoms with E-state index in [4.69, 9.17) is 4.74 Å². The van der Waals surface area contributed by atoms with Crippen LogP contribution >= 0.6 is 0 Å². The van der Waals surface area contributed by atoms with E-state index in [9.17, 15) is 19.8 Å². The Morgan fingerprint density at radius 1 is 0.300 bits per heavy atom. The molecule has 0 bridgehead atoms. The summed E-state index contributed by atoms with van der Waals surface area (Å²) in [5.41, 5.74) is 0. The lowest BCUT2D eigenvalue weighted by Crippen LogP contribution is -2.45. The van der Waals surface area contributed by atoms with Gasteiger partial charge in [0.25, 0.3) is 0 Å². The molecule has 0 aliphatic carbocycles. The molecule has 0 heterocycles. The third kappa shape index (κ3) is 75.6. The van der Waals surface area contributed by atoms with Gasteiger partial charge in [0.2, 0.25) is 5.91 Å². The number of carbonyl (C=O) groups excluding carboxylic acids is 2. The second-order valence-electron chi connectivity index (χ2n) is 29.2. The Hall–Kier alpha value is -1.40. The molecule has 0 spiro atoms. The maximum Gasteiger partial charge on any atom is 0.305 e. The first-order valence-corrected chi connectivity index (χ1v) is 42.0. The Bertz CT molecular complexity index is 1370. The summed E-state index contributed by atoms with van der Waals surface area (Å²) >= 11 is 0. The normalized spacial score (nSPS) is 12.4. The number of hydrogen-bond donors (Lipinski definition) is 3. The Kier molecular flexibility index (Phi) is 78.8. The number of carbonyl (C=O) groups is 2. The largest absolute Gasteiger partial charge is 0.466 e. The molecule has 0 aromatic carbocycles. The molecule has 0 fully saturated rings. The van der Waals surface area contributed by atoms with Crippen molar-refractivity contribution in [3.05, 3.63) is 12.2 Å². The van der Waals surface area contributed by atoms with Crippen molar-refractivity contribution in [2.24, 2.45) is 0 Å². The van der Waals surface area contributed by atoms with Gasteiger partial charge in [-0.25, -0.2) is 0 Å². The van der Waals surface area contributed by atoms with Crippen molar-refractivity contribution in [2.75, 3.05) is 13.2 Å². The Labute approximate surface area is 565 Å². The lowest BCUT2D eigenvalue weighted by molar-refractivity contribution is -0.143. The molecule has 1 amide bonds. The quantitative estimate of drug-likeness (QED) is 0.0320. The van der Waals surface area contributed by atoms with E-state index < -0.39 is 12.1 Å². The van der Waals surface area contributed by atoms with Gasteiger partial charge in [0.1, 0.15) is 0 Å². The van der Waals surface area contributed by atoms with Crippen LogP contribution in [0.3, 0.4) is 0 Å². The highest BCUT2D eigenvalue weighted by Gasteiger charge is 2.18. The van der Waals surface area contributed by atoms with Crippen molar-refractivity contribution in [3.63, 3.8) is 0 Å². The molecule has 0 rings (SSSR count). The summed E-state index contributed by atoms with van der Waals surface area (Å²) in [4.78, 5) is 24.7. The molecule has 0 aliphatic rings. The van der Waals surface area contributed by atoms with Gasteiger partial charge in [-0.1, -0.05) is 456 Å². The maximum atomic E-state index is 12.6. The van der Waals surface area contributed by atoms with Crippen molar-refractivity contribution in [1.29, 1.82) is 0 Å². The predicted molar refractivity (Wildman–Crippen MR) is 398 cm³/mol. The van der Waals surface area contributed by atoms with E-state index in [1.54, 1.807) is 6.08 Å². The Morgan fingerprint density at radius 3 is 0.756 bits per heavy atom. The lowest BCUT2D eigenvalue weighted by atomic mass is 10.0. The highest BCUT2D eigenvalue weighted by molar-refractivity contribution is 5.76. The van der Waals surface area contributed by atoms with Gasteiger partial charge in [0, 0.05) is 12.8 Å². The highest BCUT2D eigenvalue weighted by Crippen LogP contribution is 2.21. The fourth-order valence-electron chi connectivity index (χ4n) is 13.7. The monoisotopic (exact) mass is 1270 g/mol. The van der Waals surface area contributed by atoms with Crippen molar-refractivity contribution in [1.82, 2.24) is 5.32 Å². The number of esters is 1. The number of unbranched alkanes of at least 4 members (excludes halogenated alkanes) is 69. The Balaban J connectivity index is 3.33. The van der Waals surface area contributed by atoms with Crippen LogP contribution in [0.5, 0.6) is 0 Å². The maximum absolute atomic E-state index is 12.6. The number of allylic oxidation sites excluding steroid dienone is 1. The fourth-order valence-corrected chi connectivity index (χ4v) is 13.7. The van der Waals surface area contributed by atoms with E-state index in [1.165, 1.54) is 424 Å². The average Bonchev–Trinajstić information content (AvgIpc) is 3.55. The first kappa shape index (κ1) is 88.6. The molecule has 0 aromatic heterocycles. The third-order valence-corrected chi connectivity index (χ3v) is 20.1. The molecule has 0 radical (unpaired) electrons. The minimum absolute atomic E-state index is 0.0267. The number of aliphatic hydroxyl groups is 2. The summed E-state index contributed by atoms with van der Waals surface area (Å²) in [7, 11) is 0. The van der Waals surface area contributed by atoms with Gasteiger partial charge < -0.3 is 20.3 Å². The van der Waals surface area contributed by atoms with Crippen LogP contribution in [0.1, 0.15) is 489 Å². The van der Waals surface area contributed by atoms with Crippen molar-refractivity contribution < 1.29 is 24.5 Å². The zero-order valence-electron chi connectivity index (χ0n) is 61.7. The van der Waals surface area contributed by atoms with Crippen LogP contribution in [0.25, 0.3) is 0 Å². The smallest absolute Gasteiger partial charge is 0.305 e. The van der Waals surface area contributed by atoms with Crippen molar-refractivity contribution >= 4 is 11.9 Å². The van der Waals surface area contributed by atoms with Crippen LogP contribution in [-0.4, -0.2) is 47.4 Å². The van der Waals surface area contributed by atoms with E-state index in [2.05, 4.69) is 19.2 Å². The number of hydrogen-bond acceptors (Lipinski definition) is 5. The number of amides is 1. The van der Waals surface area contributed by atoms with Gasteiger partial charge in [-0.2, -0.15) is 0 Å². The van der Waals surface area contributed by atoms with Crippen molar-refractivity contribution in [3.8, 4) is 0 Å². The van der Waals surface area contributed by atoms with Gasteiger partial charge in [0.15, 0.2) is 0 Å². The molecule has 6 heteroatoms. The highest BCUT2D eigenvalue weighted by atomic mass is 16.5. The molecule has 2 atom stereocenters. The second-order valence-corrected chi connectivity index (χ2v) is 29.2. The average molecular weight is 1270 g/mol. The number of aliphatic hydroxyl groups excluding tert-OH is 2. The standard InChI is InChI=1S/C84H165NO5/c1-3-5-7-9-11-13-15-17-19-21-23-24-34-37-41-44-48-52-56-60-64-68-72-76-82(87)81(80-86)85-83(88)77-73-69-65-61-57-53-49-45-42-38-35-32-30-28-26-25-27-29-31-33-36-39-43-47-51-55-59-63-67-71-75-79-90-84(89)78-74-70-66-62-58-54-50-46-40-22-20-18-16-14-12-10-8-6-4-2/h72,76,81-82,86-87H,3-71,73-75,77-80H2,1-2H3,(H,85,88)/b76-72+. The predicted octanol–water partition coefficient (Wildman–Crippen LogP) is 27.8. The number of rotatable bonds is 80. The molecule has 536 valence electrons.